The number of benzene rings is 2. The van der Waals surface area contributed by atoms with Crippen molar-refractivity contribution in [2.75, 3.05) is 6.61 Å². The van der Waals surface area contributed by atoms with Crippen molar-refractivity contribution in [1.29, 1.82) is 0 Å². The lowest BCUT2D eigenvalue weighted by atomic mass is 9.92. The molecule has 5 rings (SSSR count). The fourth-order valence-corrected chi connectivity index (χ4v) is 5.02. The van der Waals surface area contributed by atoms with Gasteiger partial charge < -0.3 is 14.3 Å². The summed E-state index contributed by atoms with van der Waals surface area (Å²) in [5.41, 5.74) is 7.25. The first-order valence-corrected chi connectivity index (χ1v) is 11.8. The van der Waals surface area contributed by atoms with Gasteiger partial charge in [0.1, 0.15) is 5.69 Å². The van der Waals surface area contributed by atoms with E-state index in [1.54, 1.807) is 6.92 Å². The van der Waals surface area contributed by atoms with Gasteiger partial charge in [-0.3, -0.25) is 4.79 Å². The van der Waals surface area contributed by atoms with Crippen LogP contribution in [0.15, 0.2) is 65.5 Å². The molecular weight excluding hydrogens is 448 g/mol. The Bertz CT molecular complexity index is 1430. The van der Waals surface area contributed by atoms with E-state index in [1.165, 1.54) is 0 Å². The van der Waals surface area contributed by atoms with E-state index < -0.39 is 5.97 Å². The molecule has 2 aromatic carbocycles. The molecule has 1 aliphatic carbocycles. The summed E-state index contributed by atoms with van der Waals surface area (Å²) in [6.45, 7) is 4.50. The van der Waals surface area contributed by atoms with E-state index in [0.717, 1.165) is 45.6 Å². The number of halogens is 1. The molecule has 0 unspecified atom stereocenters. The highest BCUT2D eigenvalue weighted by Crippen LogP contribution is 2.41. The van der Waals surface area contributed by atoms with Crippen LogP contribution in [0.25, 0.3) is 22.5 Å². The molecule has 0 aliphatic heterocycles. The molecule has 0 bridgehead atoms. The van der Waals surface area contributed by atoms with Crippen LogP contribution in [0.5, 0.6) is 0 Å². The van der Waals surface area contributed by atoms with Gasteiger partial charge in [0.15, 0.2) is 0 Å². The third-order valence-corrected chi connectivity index (χ3v) is 6.72. The first kappa shape index (κ1) is 22.2. The van der Waals surface area contributed by atoms with Crippen molar-refractivity contribution in [2.45, 2.75) is 33.2 Å². The number of hydrogen-bond donors (Lipinski definition) is 1. The first-order valence-electron chi connectivity index (χ1n) is 11.4. The number of carbonyl (C=O) groups excluding carboxylic acids is 1. The number of hydrogen-bond acceptors (Lipinski definition) is 3. The van der Waals surface area contributed by atoms with Gasteiger partial charge in [0.25, 0.3) is 5.56 Å². The molecular formula is C28H25ClN2O3. The monoisotopic (exact) mass is 472 g/mol. The number of ether oxygens (including phenoxy) is 1. The molecule has 172 valence electrons. The summed E-state index contributed by atoms with van der Waals surface area (Å²) < 4.78 is 7.26. The van der Waals surface area contributed by atoms with Crippen molar-refractivity contribution in [2.24, 2.45) is 0 Å². The lowest BCUT2D eigenvalue weighted by molar-refractivity contribution is 0.0515. The highest BCUT2D eigenvalue weighted by molar-refractivity contribution is 6.35. The SMILES string of the molecule is CCOC(=O)c1c(Cl)c2c(n1Cc1ccc(C)cc1)-c1[nH]c(=O)c(-c3ccccc3)cc1CC2. The zero-order valence-electron chi connectivity index (χ0n) is 19.2. The van der Waals surface area contributed by atoms with Crippen molar-refractivity contribution in [3.63, 3.8) is 0 Å². The zero-order chi connectivity index (χ0) is 23.8. The average Bonchev–Trinajstić information content (AvgIpc) is 3.12. The number of aromatic amines is 1. The van der Waals surface area contributed by atoms with Gasteiger partial charge in [-0.25, -0.2) is 4.79 Å². The standard InChI is InChI=1S/C28H25ClN2O3/c1-3-34-28(33)26-23(29)21-14-13-20-15-22(19-7-5-4-6-8-19)27(32)30-24(20)25(21)31(26)16-18-11-9-17(2)10-12-18/h4-12,15H,3,13-14,16H2,1-2H3,(H,30,32). The van der Waals surface area contributed by atoms with Gasteiger partial charge in [0.05, 0.1) is 23.0 Å². The zero-order valence-corrected chi connectivity index (χ0v) is 19.9. The Morgan fingerprint density at radius 1 is 1.09 bits per heavy atom. The Morgan fingerprint density at radius 2 is 1.82 bits per heavy atom. The van der Waals surface area contributed by atoms with Crippen LogP contribution < -0.4 is 5.56 Å². The summed E-state index contributed by atoms with van der Waals surface area (Å²) in [5, 5.41) is 0.402. The number of aryl methyl sites for hydroxylation is 2. The van der Waals surface area contributed by atoms with Gasteiger partial charge in [0, 0.05) is 12.1 Å². The van der Waals surface area contributed by atoms with E-state index in [1.807, 2.05) is 72.2 Å². The van der Waals surface area contributed by atoms with Gasteiger partial charge in [-0.1, -0.05) is 71.8 Å². The van der Waals surface area contributed by atoms with Crippen LogP contribution >= 0.6 is 11.6 Å². The van der Waals surface area contributed by atoms with E-state index in [0.29, 0.717) is 29.2 Å². The maximum Gasteiger partial charge on any atom is 0.356 e. The molecule has 0 saturated heterocycles. The summed E-state index contributed by atoms with van der Waals surface area (Å²) in [6, 6.07) is 19.8. The molecule has 34 heavy (non-hydrogen) atoms. The summed E-state index contributed by atoms with van der Waals surface area (Å²) in [5.74, 6) is -0.459. The average molecular weight is 473 g/mol. The second kappa shape index (κ2) is 8.99. The molecule has 0 amide bonds. The Kier molecular flexibility index (Phi) is 5.88. The number of nitrogens with one attached hydrogen (secondary N) is 1. The van der Waals surface area contributed by atoms with Gasteiger partial charge in [-0.2, -0.15) is 0 Å². The minimum Gasteiger partial charge on any atom is -0.461 e. The van der Waals surface area contributed by atoms with Crippen molar-refractivity contribution in [1.82, 2.24) is 9.55 Å². The van der Waals surface area contributed by atoms with E-state index in [-0.39, 0.29) is 12.2 Å². The van der Waals surface area contributed by atoms with Crippen LogP contribution in [-0.2, 0) is 24.1 Å². The van der Waals surface area contributed by atoms with Crippen LogP contribution in [0, 0.1) is 6.92 Å². The maximum atomic E-state index is 13.1. The minimum atomic E-state index is -0.459. The lowest BCUT2D eigenvalue weighted by Gasteiger charge is -2.21. The molecule has 6 heteroatoms. The Balaban J connectivity index is 1.71. The Morgan fingerprint density at radius 3 is 2.53 bits per heavy atom. The van der Waals surface area contributed by atoms with Crippen LogP contribution in [-0.4, -0.2) is 22.1 Å². The number of H-pyrrole nitrogens is 1. The number of carbonyl (C=O) groups is 1. The van der Waals surface area contributed by atoms with Gasteiger partial charge >= 0.3 is 5.97 Å². The van der Waals surface area contributed by atoms with Crippen LogP contribution in [0.1, 0.15) is 39.7 Å². The molecule has 5 nitrogen and oxygen atoms in total. The van der Waals surface area contributed by atoms with Crippen molar-refractivity contribution in [3.8, 4) is 22.5 Å². The van der Waals surface area contributed by atoms with Gasteiger partial charge in [-0.15, -0.1) is 0 Å². The second-order valence-electron chi connectivity index (χ2n) is 8.56. The van der Waals surface area contributed by atoms with Crippen molar-refractivity contribution < 1.29 is 9.53 Å². The number of rotatable bonds is 5. The van der Waals surface area contributed by atoms with E-state index in [4.69, 9.17) is 16.3 Å². The molecule has 2 heterocycles. The van der Waals surface area contributed by atoms with Crippen molar-refractivity contribution in [3.05, 3.63) is 104 Å². The normalized spacial score (nSPS) is 12.2. The van der Waals surface area contributed by atoms with E-state index >= 15 is 0 Å². The summed E-state index contributed by atoms with van der Waals surface area (Å²) in [4.78, 5) is 29.2. The number of pyridine rings is 1. The third-order valence-electron chi connectivity index (χ3n) is 6.32. The lowest BCUT2D eigenvalue weighted by Crippen LogP contribution is -2.19. The highest BCUT2D eigenvalue weighted by atomic mass is 35.5. The van der Waals surface area contributed by atoms with Gasteiger partial charge in [-0.05, 0) is 55.0 Å². The molecule has 0 fully saturated rings. The highest BCUT2D eigenvalue weighted by Gasteiger charge is 2.32. The topological polar surface area (TPSA) is 64.1 Å². The number of fused-ring (bicyclic) bond motifs is 3. The maximum absolute atomic E-state index is 13.1. The number of esters is 1. The summed E-state index contributed by atoms with van der Waals surface area (Å²) >= 11 is 6.79. The largest absolute Gasteiger partial charge is 0.461 e. The van der Waals surface area contributed by atoms with E-state index in [2.05, 4.69) is 4.98 Å². The molecule has 1 aliphatic rings. The molecule has 2 aromatic heterocycles. The third kappa shape index (κ3) is 3.86. The molecule has 0 radical (unpaired) electrons. The molecule has 4 aromatic rings. The van der Waals surface area contributed by atoms with E-state index in [9.17, 15) is 9.59 Å². The summed E-state index contributed by atoms with van der Waals surface area (Å²) in [7, 11) is 0. The second-order valence-corrected chi connectivity index (χ2v) is 8.94. The smallest absolute Gasteiger partial charge is 0.356 e. The molecule has 0 saturated carbocycles. The van der Waals surface area contributed by atoms with Gasteiger partial charge in [0.2, 0.25) is 0 Å². The molecule has 1 N–H and O–H groups in total. The van der Waals surface area contributed by atoms with Crippen LogP contribution in [0.2, 0.25) is 5.02 Å². The fraction of sp³-hybridized carbons (Fsp3) is 0.214. The fourth-order valence-electron chi connectivity index (χ4n) is 4.66. The number of nitrogens with zero attached hydrogens (tertiary/aromatic N) is 1. The first-order chi connectivity index (χ1) is 16.5. The Labute approximate surface area is 203 Å². The van der Waals surface area contributed by atoms with Crippen LogP contribution in [0.3, 0.4) is 0 Å². The predicted octanol–water partition coefficient (Wildman–Crippen LogP) is 5.80. The summed E-state index contributed by atoms with van der Waals surface area (Å²) in [6.07, 6.45) is 1.39. The molecule has 0 atom stereocenters. The Hall–Kier alpha value is -3.57. The minimum absolute atomic E-state index is 0.172. The van der Waals surface area contributed by atoms with Crippen LogP contribution in [0.4, 0.5) is 0 Å². The molecule has 0 spiro atoms. The van der Waals surface area contributed by atoms with Crippen molar-refractivity contribution >= 4 is 17.6 Å². The predicted molar refractivity (Wildman–Crippen MR) is 135 cm³/mol. The number of aromatic nitrogens is 2. The quantitative estimate of drug-likeness (QED) is 0.373.